The molecule has 0 saturated carbocycles. The summed E-state index contributed by atoms with van der Waals surface area (Å²) in [4.78, 5) is 11.2. The van der Waals surface area contributed by atoms with Crippen molar-refractivity contribution in [3.63, 3.8) is 0 Å². The largest absolute Gasteiger partial charge is 0.368 e. The molecular weight excluding hydrogens is 510 g/mol. The van der Waals surface area contributed by atoms with E-state index >= 15 is 8.78 Å². The molecule has 1 aromatic rings. The molecule has 0 aromatic carbocycles. The number of aliphatic imine (C=N–C) groups is 1. The summed E-state index contributed by atoms with van der Waals surface area (Å²) in [6, 6.07) is 1.84. The summed E-state index contributed by atoms with van der Waals surface area (Å²) < 4.78 is 54.9. The summed E-state index contributed by atoms with van der Waals surface area (Å²) >= 11 is 0. The zero-order chi connectivity index (χ0) is 27.4. The summed E-state index contributed by atoms with van der Waals surface area (Å²) in [6.07, 6.45) is 0.931. The fourth-order valence-electron chi connectivity index (χ4n) is 5.26. The number of likely N-dealkylation sites (tertiary alicyclic amines) is 1. The molecular formula is C23H34F2N6O5S. The van der Waals surface area contributed by atoms with Gasteiger partial charge in [-0.1, -0.05) is 6.58 Å². The normalized spacial score (nSPS) is 23.1. The number of hydrogen-bond donors (Lipinski definition) is 4. The van der Waals surface area contributed by atoms with Crippen LogP contribution in [0.5, 0.6) is 0 Å². The van der Waals surface area contributed by atoms with Gasteiger partial charge < -0.3 is 25.5 Å². The van der Waals surface area contributed by atoms with E-state index in [4.69, 9.17) is 0 Å². The molecule has 4 N–H and O–H groups in total. The highest BCUT2D eigenvalue weighted by atomic mass is 32.2. The second-order valence-corrected chi connectivity index (χ2v) is 12.4. The van der Waals surface area contributed by atoms with Crippen LogP contribution >= 0.6 is 0 Å². The van der Waals surface area contributed by atoms with Gasteiger partial charge in [-0.25, -0.2) is 36.4 Å². The first-order valence-electron chi connectivity index (χ1n) is 12.0. The maximum absolute atomic E-state index is 15.0. The fraction of sp³-hybridized carbons (Fsp3) is 0.652. The molecule has 4 rings (SSSR count). The van der Waals surface area contributed by atoms with Gasteiger partial charge in [0.1, 0.15) is 11.6 Å². The summed E-state index contributed by atoms with van der Waals surface area (Å²) in [7, 11) is -3.21. The van der Waals surface area contributed by atoms with Crippen molar-refractivity contribution in [2.24, 2.45) is 10.4 Å². The second-order valence-electron chi connectivity index (χ2n) is 10.4. The van der Waals surface area contributed by atoms with E-state index in [9.17, 15) is 23.7 Å². The van der Waals surface area contributed by atoms with E-state index in [1.54, 1.807) is 26.1 Å². The average molecular weight is 545 g/mol. The predicted molar refractivity (Wildman–Crippen MR) is 134 cm³/mol. The number of rotatable bonds is 7. The van der Waals surface area contributed by atoms with E-state index in [1.165, 1.54) is 15.5 Å². The molecule has 0 amide bonds. The van der Waals surface area contributed by atoms with E-state index in [1.807, 2.05) is 0 Å². The SMILES string of the molecule is C=C(/N=C\c1cc(C)nc(N2CC(F)(F)C3(C2)CN(C(O)(O)O)C3)c1C)NC1CCN(S(C)(=O)=O)CC1. The lowest BCUT2D eigenvalue weighted by Crippen LogP contribution is -2.70. The zero-order valence-electron chi connectivity index (χ0n) is 21.2. The number of nitrogens with one attached hydrogen (secondary N) is 1. The number of sulfonamides is 1. The summed E-state index contributed by atoms with van der Waals surface area (Å²) in [5.74, 6) is -2.31. The third kappa shape index (κ3) is 5.64. The Kier molecular flexibility index (Phi) is 7.14. The van der Waals surface area contributed by atoms with E-state index < -0.39 is 34.0 Å². The minimum atomic E-state index is -3.21. The first-order chi connectivity index (χ1) is 17.0. The lowest BCUT2D eigenvalue weighted by Gasteiger charge is -2.52. The van der Waals surface area contributed by atoms with Gasteiger partial charge in [0.2, 0.25) is 10.0 Å². The minimum absolute atomic E-state index is 0.0408. The maximum atomic E-state index is 15.0. The van der Waals surface area contributed by atoms with Crippen LogP contribution in [0.4, 0.5) is 14.6 Å². The highest BCUT2D eigenvalue weighted by molar-refractivity contribution is 7.88. The van der Waals surface area contributed by atoms with Gasteiger partial charge in [0.15, 0.2) is 0 Å². The quantitative estimate of drug-likeness (QED) is 0.275. The Morgan fingerprint density at radius 2 is 1.84 bits per heavy atom. The zero-order valence-corrected chi connectivity index (χ0v) is 22.0. The smallest absolute Gasteiger partial charge is 0.345 e. The topological polar surface area (TPSA) is 142 Å². The molecule has 0 aliphatic carbocycles. The van der Waals surface area contributed by atoms with Crippen LogP contribution in [0.25, 0.3) is 0 Å². The molecule has 11 nitrogen and oxygen atoms in total. The summed E-state index contributed by atoms with van der Waals surface area (Å²) in [6.45, 7) is 6.95. The molecule has 1 aromatic heterocycles. The number of hydrogen-bond acceptors (Lipinski definition) is 10. The Hall–Kier alpha value is -2.23. The lowest BCUT2D eigenvalue weighted by atomic mass is 9.76. The molecule has 3 aliphatic heterocycles. The van der Waals surface area contributed by atoms with E-state index in [-0.39, 0.29) is 25.7 Å². The molecule has 14 heteroatoms. The van der Waals surface area contributed by atoms with Gasteiger partial charge in [-0.2, -0.15) is 0 Å². The Morgan fingerprint density at radius 3 is 2.41 bits per heavy atom. The minimum Gasteiger partial charge on any atom is -0.368 e. The van der Waals surface area contributed by atoms with E-state index in [0.29, 0.717) is 54.4 Å². The van der Waals surface area contributed by atoms with Crippen LogP contribution in [0.3, 0.4) is 0 Å². The number of aryl methyl sites for hydroxylation is 1. The van der Waals surface area contributed by atoms with Crippen LogP contribution in [0.2, 0.25) is 0 Å². The molecule has 0 bridgehead atoms. The van der Waals surface area contributed by atoms with Crippen molar-refractivity contribution in [1.29, 1.82) is 0 Å². The standard InChI is InChI=1S/C23H34F2N6O5S/c1-15-9-18(10-26-17(3)28-19-5-7-31(8-6-19)37(4,35)36)16(2)20(27-15)29-11-21(22(24,25)14-29)12-30(13-21)23(32,33)34/h9-10,19,28,32-34H,3,5-8,11-14H2,1-2,4H3/b26-10-. The molecule has 0 unspecified atom stereocenters. The van der Waals surface area contributed by atoms with Crippen molar-refractivity contribution in [3.05, 3.63) is 35.3 Å². The molecule has 3 aliphatic rings. The lowest BCUT2D eigenvalue weighted by molar-refractivity contribution is -0.424. The Morgan fingerprint density at radius 1 is 1.22 bits per heavy atom. The van der Waals surface area contributed by atoms with Gasteiger partial charge in [0.25, 0.3) is 5.92 Å². The van der Waals surface area contributed by atoms with Crippen molar-refractivity contribution < 1.29 is 32.5 Å². The van der Waals surface area contributed by atoms with Gasteiger partial charge in [-0.15, -0.1) is 0 Å². The molecule has 37 heavy (non-hydrogen) atoms. The molecule has 1 spiro atoms. The highest BCUT2D eigenvalue weighted by Crippen LogP contribution is 2.52. The van der Waals surface area contributed by atoms with Crippen molar-refractivity contribution in [2.45, 2.75) is 44.8 Å². The fourth-order valence-corrected chi connectivity index (χ4v) is 6.14. The van der Waals surface area contributed by atoms with Gasteiger partial charge >= 0.3 is 6.10 Å². The van der Waals surface area contributed by atoms with Crippen LogP contribution in [-0.2, 0) is 10.0 Å². The number of halogens is 2. The summed E-state index contributed by atoms with van der Waals surface area (Å²) in [5.41, 5.74) is 0.447. The van der Waals surface area contributed by atoms with Crippen molar-refractivity contribution >= 4 is 22.1 Å². The number of alkyl halides is 2. The van der Waals surface area contributed by atoms with Gasteiger partial charge in [-0.05, 0) is 32.8 Å². The van der Waals surface area contributed by atoms with E-state index in [2.05, 4.69) is 21.9 Å². The maximum Gasteiger partial charge on any atom is 0.345 e. The van der Waals surface area contributed by atoms with Gasteiger partial charge in [-0.3, -0.25) is 0 Å². The number of aliphatic hydroxyl groups is 3. The van der Waals surface area contributed by atoms with Crippen molar-refractivity contribution in [3.8, 4) is 0 Å². The number of nitrogens with zero attached hydrogens (tertiary/aromatic N) is 5. The van der Waals surface area contributed by atoms with Crippen LogP contribution in [0.15, 0.2) is 23.5 Å². The van der Waals surface area contributed by atoms with Crippen LogP contribution in [0.1, 0.15) is 29.7 Å². The molecule has 206 valence electrons. The molecule has 3 saturated heterocycles. The van der Waals surface area contributed by atoms with Crippen molar-refractivity contribution in [2.75, 3.05) is 50.4 Å². The Bertz CT molecular complexity index is 1190. The molecule has 0 atom stereocenters. The molecule has 3 fully saturated rings. The Labute approximate surface area is 215 Å². The van der Waals surface area contributed by atoms with Crippen molar-refractivity contribution in [1.82, 2.24) is 19.5 Å². The van der Waals surface area contributed by atoms with Crippen LogP contribution < -0.4 is 10.2 Å². The summed E-state index contributed by atoms with van der Waals surface area (Å²) in [5, 5.41) is 31.2. The average Bonchev–Trinajstić information content (AvgIpc) is 3.03. The Balaban J connectivity index is 1.43. The van der Waals surface area contributed by atoms with Crippen LogP contribution in [-0.4, -0.2) is 108 Å². The number of anilines is 1. The predicted octanol–water partition coefficient (Wildman–Crippen LogP) is -0.0524. The van der Waals surface area contributed by atoms with Gasteiger partial charge in [0, 0.05) is 61.8 Å². The second kappa shape index (κ2) is 9.50. The molecule has 4 heterocycles. The van der Waals surface area contributed by atoms with E-state index in [0.717, 1.165) is 4.90 Å². The first kappa shape index (κ1) is 27.8. The van der Waals surface area contributed by atoms with Crippen LogP contribution in [0, 0.1) is 19.3 Å². The molecule has 0 radical (unpaired) electrons. The first-order valence-corrected chi connectivity index (χ1v) is 13.8. The van der Waals surface area contributed by atoms with Gasteiger partial charge in [0.05, 0.1) is 18.2 Å². The third-order valence-corrected chi connectivity index (χ3v) is 8.74. The number of aromatic nitrogens is 1. The third-order valence-electron chi connectivity index (χ3n) is 7.44. The monoisotopic (exact) mass is 544 g/mol. The highest BCUT2D eigenvalue weighted by Gasteiger charge is 2.68. The number of pyridine rings is 1. The number of piperidine rings is 1.